The van der Waals surface area contributed by atoms with Gasteiger partial charge < -0.3 is 15.0 Å². The van der Waals surface area contributed by atoms with E-state index in [-0.39, 0.29) is 0 Å². The predicted octanol–water partition coefficient (Wildman–Crippen LogP) is 1.61. The number of imidazole rings is 1. The van der Waals surface area contributed by atoms with Crippen LogP contribution in [0.25, 0.3) is 0 Å². The second-order valence-electron chi connectivity index (χ2n) is 5.56. The summed E-state index contributed by atoms with van der Waals surface area (Å²) < 4.78 is 2.27. The van der Waals surface area contributed by atoms with E-state index in [0.717, 1.165) is 32.2 Å². The van der Waals surface area contributed by atoms with Crippen LogP contribution in [0.15, 0.2) is 12.5 Å². The molecule has 17 heavy (non-hydrogen) atoms. The molecule has 0 unspecified atom stereocenters. The molecule has 94 valence electrons. The molecule has 3 rings (SSSR count). The molecule has 0 saturated heterocycles. The van der Waals surface area contributed by atoms with E-state index < -0.39 is 5.60 Å². The van der Waals surface area contributed by atoms with Gasteiger partial charge >= 0.3 is 0 Å². The van der Waals surface area contributed by atoms with E-state index >= 15 is 0 Å². The van der Waals surface area contributed by atoms with E-state index in [0.29, 0.717) is 12.6 Å². The van der Waals surface area contributed by atoms with Gasteiger partial charge in [0, 0.05) is 25.3 Å². The smallest absolute Gasteiger partial charge is 0.0951 e. The third kappa shape index (κ3) is 2.53. The second-order valence-corrected chi connectivity index (χ2v) is 5.56. The van der Waals surface area contributed by atoms with Crippen molar-refractivity contribution in [3.05, 3.63) is 18.2 Å². The lowest BCUT2D eigenvalue weighted by atomic mass is 10.0. The van der Waals surface area contributed by atoms with Gasteiger partial charge in [-0.25, -0.2) is 4.98 Å². The highest BCUT2D eigenvalue weighted by Gasteiger charge is 2.30. The molecule has 2 aliphatic rings. The Kier molecular flexibility index (Phi) is 2.92. The molecule has 2 N–H and O–H groups in total. The highest BCUT2D eigenvalue weighted by molar-refractivity contribution is 5.03. The lowest BCUT2D eigenvalue weighted by Crippen LogP contribution is -2.37. The number of aliphatic hydroxyl groups is 1. The minimum Gasteiger partial charge on any atom is -0.389 e. The zero-order chi connectivity index (χ0) is 11.7. The van der Waals surface area contributed by atoms with Gasteiger partial charge in [0.15, 0.2) is 0 Å². The highest BCUT2D eigenvalue weighted by atomic mass is 16.3. The fourth-order valence-corrected chi connectivity index (χ4v) is 2.78. The molecule has 0 aromatic carbocycles. The fourth-order valence-electron chi connectivity index (χ4n) is 2.78. The number of hydrogen-bond acceptors (Lipinski definition) is 3. The van der Waals surface area contributed by atoms with Crippen molar-refractivity contribution < 1.29 is 5.11 Å². The van der Waals surface area contributed by atoms with Gasteiger partial charge in [-0.3, -0.25) is 0 Å². The maximum absolute atomic E-state index is 10.2. The summed E-state index contributed by atoms with van der Waals surface area (Å²) in [6.45, 7) is 1.53. The van der Waals surface area contributed by atoms with Gasteiger partial charge in [-0.2, -0.15) is 0 Å². The Morgan fingerprint density at radius 1 is 1.41 bits per heavy atom. The third-order valence-corrected chi connectivity index (χ3v) is 3.98. The molecule has 1 aromatic rings. The summed E-state index contributed by atoms with van der Waals surface area (Å²) in [4.78, 5) is 4.21. The first-order valence-corrected chi connectivity index (χ1v) is 6.71. The summed E-state index contributed by atoms with van der Waals surface area (Å²) in [6, 6.07) is 0.684. The Morgan fingerprint density at radius 3 is 2.88 bits per heavy atom. The lowest BCUT2D eigenvalue weighted by Gasteiger charge is -2.22. The molecule has 2 aliphatic carbocycles. The zero-order valence-electron chi connectivity index (χ0n) is 10.2. The summed E-state index contributed by atoms with van der Waals surface area (Å²) in [6.07, 6.45) is 10.7. The Morgan fingerprint density at radius 2 is 2.18 bits per heavy atom. The van der Waals surface area contributed by atoms with E-state index in [9.17, 15) is 5.11 Å². The summed E-state index contributed by atoms with van der Waals surface area (Å²) in [5.74, 6) is 0. The van der Waals surface area contributed by atoms with Crippen molar-refractivity contribution in [2.24, 2.45) is 0 Å². The van der Waals surface area contributed by atoms with Crippen molar-refractivity contribution in [2.75, 3.05) is 6.54 Å². The van der Waals surface area contributed by atoms with Crippen LogP contribution in [0, 0.1) is 0 Å². The molecule has 0 amide bonds. The maximum Gasteiger partial charge on any atom is 0.0951 e. The second kappa shape index (κ2) is 4.42. The Labute approximate surface area is 102 Å². The topological polar surface area (TPSA) is 50.1 Å². The molecular weight excluding hydrogens is 214 g/mol. The van der Waals surface area contributed by atoms with Crippen molar-refractivity contribution in [3.8, 4) is 0 Å². The molecule has 4 heteroatoms. The average Bonchev–Trinajstić information content (AvgIpc) is 2.90. The first-order valence-electron chi connectivity index (χ1n) is 6.71. The monoisotopic (exact) mass is 235 g/mol. The molecular formula is C13H21N3O. The van der Waals surface area contributed by atoms with E-state index in [1.807, 2.05) is 12.5 Å². The molecule has 0 atom stereocenters. The van der Waals surface area contributed by atoms with Crippen molar-refractivity contribution in [1.82, 2.24) is 14.9 Å². The van der Waals surface area contributed by atoms with Crippen LogP contribution in [0.4, 0.5) is 0 Å². The van der Waals surface area contributed by atoms with E-state index in [2.05, 4.69) is 14.9 Å². The standard InChI is InChI=1S/C13H21N3O/c17-13(5-1-2-6-13)9-14-7-12-8-15-10-16(12)11-3-4-11/h8,10-11,14,17H,1-7,9H2. The van der Waals surface area contributed by atoms with Crippen LogP contribution in [0.1, 0.15) is 50.3 Å². The van der Waals surface area contributed by atoms with Gasteiger partial charge in [-0.05, 0) is 25.7 Å². The van der Waals surface area contributed by atoms with Gasteiger partial charge in [0.1, 0.15) is 0 Å². The van der Waals surface area contributed by atoms with Crippen LogP contribution in [-0.2, 0) is 6.54 Å². The molecule has 0 bridgehead atoms. The van der Waals surface area contributed by atoms with Crippen LogP contribution in [-0.4, -0.2) is 26.8 Å². The normalized spacial score (nSPS) is 23.1. The summed E-state index contributed by atoms with van der Waals surface area (Å²) in [5.41, 5.74) is 0.791. The van der Waals surface area contributed by atoms with Gasteiger partial charge in [0.2, 0.25) is 0 Å². The molecule has 4 nitrogen and oxygen atoms in total. The first kappa shape index (κ1) is 11.2. The average molecular weight is 235 g/mol. The van der Waals surface area contributed by atoms with Crippen LogP contribution < -0.4 is 5.32 Å². The summed E-state index contributed by atoms with van der Waals surface area (Å²) >= 11 is 0. The molecule has 2 saturated carbocycles. The SMILES string of the molecule is OC1(CNCc2cncn2C2CC2)CCCC1. The van der Waals surface area contributed by atoms with E-state index in [1.54, 1.807) is 0 Å². The van der Waals surface area contributed by atoms with E-state index in [4.69, 9.17) is 0 Å². The molecule has 0 spiro atoms. The molecule has 1 aromatic heterocycles. The maximum atomic E-state index is 10.2. The zero-order valence-corrected chi connectivity index (χ0v) is 10.2. The van der Waals surface area contributed by atoms with Gasteiger partial charge in [0.05, 0.1) is 17.6 Å². The van der Waals surface area contributed by atoms with Gasteiger partial charge in [-0.15, -0.1) is 0 Å². The fraction of sp³-hybridized carbons (Fsp3) is 0.769. The first-order chi connectivity index (χ1) is 8.27. The summed E-state index contributed by atoms with van der Waals surface area (Å²) in [7, 11) is 0. The highest BCUT2D eigenvalue weighted by Crippen LogP contribution is 2.35. The molecule has 0 radical (unpaired) electrons. The number of nitrogens with one attached hydrogen (secondary N) is 1. The third-order valence-electron chi connectivity index (χ3n) is 3.98. The molecule has 2 fully saturated rings. The van der Waals surface area contributed by atoms with Crippen molar-refractivity contribution >= 4 is 0 Å². The lowest BCUT2D eigenvalue weighted by molar-refractivity contribution is 0.0473. The predicted molar refractivity (Wildman–Crippen MR) is 65.6 cm³/mol. The minimum atomic E-state index is -0.454. The molecule has 0 aliphatic heterocycles. The van der Waals surface area contributed by atoms with Crippen molar-refractivity contribution in [2.45, 2.75) is 56.7 Å². The Bertz CT molecular complexity index is 378. The quantitative estimate of drug-likeness (QED) is 0.815. The molecule has 1 heterocycles. The number of rotatable bonds is 5. The van der Waals surface area contributed by atoms with Gasteiger partial charge in [-0.1, -0.05) is 12.8 Å². The van der Waals surface area contributed by atoms with Crippen molar-refractivity contribution in [3.63, 3.8) is 0 Å². The van der Waals surface area contributed by atoms with E-state index in [1.165, 1.54) is 18.5 Å². The van der Waals surface area contributed by atoms with Crippen LogP contribution >= 0.6 is 0 Å². The van der Waals surface area contributed by atoms with Crippen LogP contribution in [0.3, 0.4) is 0 Å². The number of nitrogens with zero attached hydrogens (tertiary/aromatic N) is 2. The van der Waals surface area contributed by atoms with Crippen LogP contribution in [0.5, 0.6) is 0 Å². The minimum absolute atomic E-state index is 0.454. The van der Waals surface area contributed by atoms with Gasteiger partial charge in [0.25, 0.3) is 0 Å². The number of aromatic nitrogens is 2. The number of hydrogen-bond donors (Lipinski definition) is 2. The Balaban J connectivity index is 1.51. The Hall–Kier alpha value is -0.870. The van der Waals surface area contributed by atoms with Crippen LogP contribution in [0.2, 0.25) is 0 Å². The van der Waals surface area contributed by atoms with Crippen molar-refractivity contribution in [1.29, 1.82) is 0 Å². The largest absolute Gasteiger partial charge is 0.389 e. The summed E-state index contributed by atoms with van der Waals surface area (Å²) in [5, 5.41) is 13.6.